The molecule has 2 aliphatic rings. The van der Waals surface area contributed by atoms with Gasteiger partial charge in [0.1, 0.15) is 4.90 Å². The fourth-order valence-corrected chi connectivity index (χ4v) is 5.28. The molecule has 0 spiro atoms. The van der Waals surface area contributed by atoms with Crippen LogP contribution in [0.1, 0.15) is 50.9 Å². The van der Waals surface area contributed by atoms with Crippen LogP contribution in [0.2, 0.25) is 0 Å². The van der Waals surface area contributed by atoms with E-state index in [0.29, 0.717) is 35.4 Å². The summed E-state index contributed by atoms with van der Waals surface area (Å²) >= 11 is 0. The smallest absolute Gasteiger partial charge is 0.247 e. The zero-order valence-corrected chi connectivity index (χ0v) is 13.8. The van der Waals surface area contributed by atoms with Gasteiger partial charge in [-0.1, -0.05) is 0 Å². The number of hydrogen-bond acceptors (Lipinski definition) is 4. The molecule has 21 heavy (non-hydrogen) atoms. The van der Waals surface area contributed by atoms with Crippen LogP contribution in [0.25, 0.3) is 0 Å². The Labute approximate surface area is 126 Å². The van der Waals surface area contributed by atoms with Crippen molar-refractivity contribution in [1.29, 1.82) is 0 Å². The Morgan fingerprint density at radius 2 is 2.14 bits per heavy atom. The fourth-order valence-electron chi connectivity index (χ4n) is 3.10. The number of hydrogen-bond donors (Lipinski definition) is 2. The molecule has 0 bridgehead atoms. The number of nitrogens with one attached hydrogen (secondary N) is 2. The van der Waals surface area contributed by atoms with Gasteiger partial charge < -0.3 is 5.32 Å². The first kappa shape index (κ1) is 15.0. The van der Waals surface area contributed by atoms with E-state index >= 15 is 0 Å². The number of sulfonamides is 1. The second kappa shape index (κ2) is 5.07. The third kappa shape index (κ3) is 2.74. The predicted octanol–water partition coefficient (Wildman–Crippen LogP) is 1.53. The zero-order chi connectivity index (χ0) is 15.3. The molecule has 0 radical (unpaired) electrons. The van der Waals surface area contributed by atoms with Crippen molar-refractivity contribution in [2.45, 2.75) is 69.5 Å². The lowest BCUT2D eigenvalue weighted by molar-refractivity contribution is 0.291. The lowest BCUT2D eigenvalue weighted by Gasteiger charge is -2.30. The van der Waals surface area contributed by atoms with Crippen LogP contribution in [0.15, 0.2) is 4.90 Å². The van der Waals surface area contributed by atoms with Crippen LogP contribution >= 0.6 is 0 Å². The van der Waals surface area contributed by atoms with Crippen LogP contribution in [0.3, 0.4) is 0 Å². The van der Waals surface area contributed by atoms with Crippen molar-refractivity contribution in [3.63, 3.8) is 0 Å². The number of aromatic amines is 1. The van der Waals surface area contributed by atoms with Crippen molar-refractivity contribution in [1.82, 2.24) is 19.8 Å². The molecule has 118 valence electrons. The highest BCUT2D eigenvalue weighted by Crippen LogP contribution is 2.35. The summed E-state index contributed by atoms with van der Waals surface area (Å²) in [5.41, 5.74) is 0.927. The highest BCUT2D eigenvalue weighted by atomic mass is 32.2. The molecule has 0 atom stereocenters. The Kier molecular flexibility index (Phi) is 3.62. The molecule has 0 unspecified atom stereocenters. The summed E-state index contributed by atoms with van der Waals surface area (Å²) < 4.78 is 27.7. The van der Waals surface area contributed by atoms with Crippen molar-refractivity contribution >= 4 is 10.0 Å². The Bertz CT molecular complexity index is 631. The maximum Gasteiger partial charge on any atom is 0.247 e. The van der Waals surface area contributed by atoms with E-state index in [0.717, 1.165) is 12.8 Å². The van der Waals surface area contributed by atoms with Gasteiger partial charge >= 0.3 is 0 Å². The van der Waals surface area contributed by atoms with Gasteiger partial charge in [0, 0.05) is 24.7 Å². The average Bonchev–Trinajstić information content (AvgIpc) is 3.04. The third-order valence-corrected chi connectivity index (χ3v) is 6.78. The van der Waals surface area contributed by atoms with E-state index < -0.39 is 10.0 Å². The van der Waals surface area contributed by atoms with Crippen LogP contribution < -0.4 is 5.32 Å². The van der Waals surface area contributed by atoms with Crippen molar-refractivity contribution in [3.05, 3.63) is 11.4 Å². The fraction of sp³-hybridized carbons (Fsp3) is 0.786. The Morgan fingerprint density at radius 3 is 2.71 bits per heavy atom. The lowest BCUT2D eigenvalue weighted by Crippen LogP contribution is -2.43. The summed E-state index contributed by atoms with van der Waals surface area (Å²) in [7, 11) is -3.49. The Morgan fingerprint density at radius 1 is 1.43 bits per heavy atom. The van der Waals surface area contributed by atoms with Crippen LogP contribution in [0.5, 0.6) is 0 Å². The monoisotopic (exact) mass is 312 g/mol. The second-order valence-electron chi connectivity index (χ2n) is 6.77. The number of nitrogens with zero attached hydrogens (tertiary/aromatic N) is 2. The summed E-state index contributed by atoms with van der Waals surface area (Å²) in [6.45, 7) is 6.88. The summed E-state index contributed by atoms with van der Waals surface area (Å²) in [5, 5.41) is 10.4. The van der Waals surface area contributed by atoms with E-state index in [9.17, 15) is 8.42 Å². The first-order chi connectivity index (χ1) is 9.82. The standard InChI is InChI=1S/C14H24N4O2S/c1-10-13(12(17-16-10)9-15-11-5-6-11)21(19,20)18-8-4-7-14(18,2)3/h11,15H,4-9H2,1-3H3,(H,16,17). The van der Waals surface area contributed by atoms with Crippen LogP contribution in [0, 0.1) is 6.92 Å². The van der Waals surface area contributed by atoms with Crippen molar-refractivity contribution in [3.8, 4) is 0 Å². The number of aryl methyl sites for hydroxylation is 1. The molecule has 6 nitrogen and oxygen atoms in total. The molecule has 1 aliphatic heterocycles. The quantitative estimate of drug-likeness (QED) is 0.864. The van der Waals surface area contributed by atoms with Crippen LogP contribution in [-0.2, 0) is 16.6 Å². The molecular formula is C14H24N4O2S. The maximum atomic E-state index is 13.1. The molecule has 1 aromatic heterocycles. The second-order valence-corrected chi connectivity index (χ2v) is 8.57. The molecule has 1 aliphatic carbocycles. The van der Waals surface area contributed by atoms with Gasteiger partial charge in [-0.05, 0) is 46.5 Å². The van der Waals surface area contributed by atoms with E-state index in [2.05, 4.69) is 15.5 Å². The van der Waals surface area contributed by atoms with Gasteiger partial charge in [0.25, 0.3) is 0 Å². The van der Waals surface area contributed by atoms with E-state index in [1.807, 2.05) is 13.8 Å². The third-order valence-electron chi connectivity index (χ3n) is 4.47. The van der Waals surface area contributed by atoms with Crippen molar-refractivity contribution in [2.75, 3.05) is 6.54 Å². The van der Waals surface area contributed by atoms with Gasteiger partial charge in [-0.3, -0.25) is 5.10 Å². The minimum atomic E-state index is -3.49. The number of H-pyrrole nitrogens is 1. The summed E-state index contributed by atoms with van der Waals surface area (Å²) in [5.74, 6) is 0. The lowest BCUT2D eigenvalue weighted by atomic mass is 10.0. The Balaban J connectivity index is 1.92. The van der Waals surface area contributed by atoms with E-state index in [4.69, 9.17) is 0 Å². The first-order valence-corrected chi connectivity index (χ1v) is 9.06. The molecule has 0 aromatic carbocycles. The average molecular weight is 312 g/mol. The minimum absolute atomic E-state index is 0.316. The normalized spacial score (nSPS) is 22.8. The maximum absolute atomic E-state index is 13.1. The molecule has 2 fully saturated rings. The van der Waals surface area contributed by atoms with Crippen molar-refractivity contribution in [2.24, 2.45) is 0 Å². The highest BCUT2D eigenvalue weighted by Gasteiger charge is 2.43. The molecule has 2 N–H and O–H groups in total. The van der Waals surface area contributed by atoms with Gasteiger partial charge in [0.05, 0.1) is 11.4 Å². The van der Waals surface area contributed by atoms with Crippen LogP contribution in [0.4, 0.5) is 0 Å². The van der Waals surface area contributed by atoms with Crippen molar-refractivity contribution < 1.29 is 8.42 Å². The number of rotatable bonds is 5. The predicted molar refractivity (Wildman–Crippen MR) is 80.4 cm³/mol. The zero-order valence-electron chi connectivity index (χ0n) is 12.9. The van der Waals surface area contributed by atoms with Gasteiger partial charge in [-0.25, -0.2) is 8.42 Å². The van der Waals surface area contributed by atoms with E-state index in [1.165, 1.54) is 12.8 Å². The van der Waals surface area contributed by atoms with Gasteiger partial charge in [0.2, 0.25) is 10.0 Å². The molecule has 2 heterocycles. The van der Waals surface area contributed by atoms with Gasteiger partial charge in [0.15, 0.2) is 0 Å². The van der Waals surface area contributed by atoms with Crippen LogP contribution in [-0.4, -0.2) is 41.0 Å². The Hall–Kier alpha value is -0.920. The largest absolute Gasteiger partial charge is 0.308 e. The topological polar surface area (TPSA) is 78.1 Å². The summed E-state index contributed by atoms with van der Waals surface area (Å²) in [4.78, 5) is 0.366. The molecule has 3 rings (SSSR count). The van der Waals surface area contributed by atoms with E-state index in [1.54, 1.807) is 11.2 Å². The summed E-state index contributed by atoms with van der Waals surface area (Å²) in [6, 6.07) is 0.529. The van der Waals surface area contributed by atoms with Gasteiger partial charge in [-0.2, -0.15) is 9.40 Å². The van der Waals surface area contributed by atoms with E-state index in [-0.39, 0.29) is 5.54 Å². The number of aromatic nitrogens is 2. The SMILES string of the molecule is Cc1[nH]nc(CNC2CC2)c1S(=O)(=O)N1CCCC1(C)C. The minimum Gasteiger partial charge on any atom is -0.308 e. The molecule has 0 amide bonds. The molecule has 1 saturated heterocycles. The molecule has 1 aromatic rings. The molecule has 1 saturated carbocycles. The van der Waals surface area contributed by atoms with Gasteiger partial charge in [-0.15, -0.1) is 0 Å². The molecule has 7 heteroatoms. The summed E-state index contributed by atoms with van der Waals surface area (Å²) in [6.07, 6.45) is 4.16. The first-order valence-electron chi connectivity index (χ1n) is 7.62. The molecular weight excluding hydrogens is 288 g/mol. The highest BCUT2D eigenvalue weighted by molar-refractivity contribution is 7.89.